The molecule has 0 aliphatic carbocycles. The summed E-state index contributed by atoms with van der Waals surface area (Å²) in [7, 11) is 1.94. The summed E-state index contributed by atoms with van der Waals surface area (Å²) in [5, 5.41) is 0. The molecule has 0 N–H and O–H groups in total. The van der Waals surface area contributed by atoms with Crippen LogP contribution in [0.25, 0.3) is 22.3 Å². The quantitative estimate of drug-likeness (QED) is 0.693. The molecular weight excluding hydrogens is 352 g/mol. The van der Waals surface area contributed by atoms with Crippen LogP contribution in [-0.2, 0) is 11.8 Å². The van der Waals surface area contributed by atoms with Crippen LogP contribution < -0.4 is 0 Å². The molecule has 4 heterocycles. The van der Waals surface area contributed by atoms with Crippen molar-refractivity contribution in [1.82, 2.24) is 19.4 Å². The van der Waals surface area contributed by atoms with E-state index in [2.05, 4.69) is 0 Å². The molecule has 0 spiro atoms. The molecule has 0 bridgehead atoms. The minimum absolute atomic E-state index is 0.00214. The molecule has 2 aliphatic rings. The number of hydrogen-bond acceptors (Lipinski definition) is 3. The molecule has 1 atom stereocenters. The van der Waals surface area contributed by atoms with Gasteiger partial charge >= 0.3 is 0 Å². The summed E-state index contributed by atoms with van der Waals surface area (Å²) in [5.41, 5.74) is 4.20. The van der Waals surface area contributed by atoms with Crippen LogP contribution in [0.1, 0.15) is 23.2 Å². The van der Waals surface area contributed by atoms with Crippen LogP contribution in [0.5, 0.6) is 0 Å². The Morgan fingerprint density at radius 2 is 1.93 bits per heavy atom. The zero-order valence-electron chi connectivity index (χ0n) is 15.8. The number of benzene rings is 1. The number of hydrogen-bond donors (Lipinski definition) is 0. The molecule has 1 aromatic carbocycles. The number of aromatic nitrogens is 2. The van der Waals surface area contributed by atoms with Crippen molar-refractivity contribution in [2.24, 2.45) is 7.05 Å². The second-order valence-electron chi connectivity index (χ2n) is 7.61. The first kappa shape index (κ1) is 17.0. The van der Waals surface area contributed by atoms with Gasteiger partial charge in [-0.3, -0.25) is 9.59 Å². The summed E-state index contributed by atoms with van der Waals surface area (Å²) in [6, 6.07) is 14.2. The van der Waals surface area contributed by atoms with Gasteiger partial charge in [-0.1, -0.05) is 30.3 Å². The van der Waals surface area contributed by atoms with Crippen molar-refractivity contribution in [2.75, 3.05) is 19.6 Å². The highest BCUT2D eigenvalue weighted by Crippen LogP contribution is 2.27. The van der Waals surface area contributed by atoms with E-state index in [4.69, 9.17) is 4.98 Å². The van der Waals surface area contributed by atoms with E-state index >= 15 is 0 Å². The van der Waals surface area contributed by atoms with Crippen LogP contribution >= 0.6 is 0 Å². The second kappa shape index (κ2) is 6.48. The number of carbonyl (C=O) groups excluding carboxylic acids is 2. The summed E-state index contributed by atoms with van der Waals surface area (Å²) in [6.45, 7) is 1.82. The fourth-order valence-corrected chi connectivity index (χ4v) is 4.40. The van der Waals surface area contributed by atoms with E-state index in [0.29, 0.717) is 31.6 Å². The lowest BCUT2D eigenvalue weighted by Gasteiger charge is -2.37. The Hall–Kier alpha value is -3.15. The minimum Gasteiger partial charge on any atom is -0.348 e. The molecule has 2 aromatic heterocycles. The van der Waals surface area contributed by atoms with Crippen molar-refractivity contribution in [3.8, 4) is 11.3 Å². The van der Waals surface area contributed by atoms with Gasteiger partial charge in [-0.2, -0.15) is 0 Å². The van der Waals surface area contributed by atoms with Crippen LogP contribution in [-0.4, -0.2) is 56.8 Å². The third-order valence-corrected chi connectivity index (χ3v) is 5.91. The number of pyridine rings is 1. The van der Waals surface area contributed by atoms with Crippen molar-refractivity contribution >= 4 is 22.8 Å². The number of aryl methyl sites for hydroxylation is 1. The number of rotatable bonds is 2. The minimum atomic E-state index is 0.00214. The van der Waals surface area contributed by atoms with Gasteiger partial charge in [0.2, 0.25) is 5.91 Å². The van der Waals surface area contributed by atoms with Gasteiger partial charge in [0.1, 0.15) is 5.52 Å². The van der Waals surface area contributed by atoms with Crippen molar-refractivity contribution in [2.45, 2.75) is 18.9 Å². The largest absolute Gasteiger partial charge is 0.348 e. The third kappa shape index (κ3) is 2.68. The molecule has 3 aromatic rings. The lowest BCUT2D eigenvalue weighted by Crippen LogP contribution is -2.53. The molecule has 2 saturated heterocycles. The molecular formula is C22H22N4O2. The predicted octanol–water partition coefficient (Wildman–Crippen LogP) is 2.69. The molecule has 142 valence electrons. The maximum Gasteiger partial charge on any atom is 0.257 e. The van der Waals surface area contributed by atoms with Crippen LogP contribution in [0.4, 0.5) is 0 Å². The molecule has 2 amide bonds. The van der Waals surface area contributed by atoms with Crippen LogP contribution in [0.3, 0.4) is 0 Å². The Kier molecular flexibility index (Phi) is 3.93. The molecule has 6 heteroatoms. The van der Waals surface area contributed by atoms with Crippen molar-refractivity contribution < 1.29 is 9.59 Å². The standard InChI is InChI=1S/C22H22N4O2/c1-24-14-17(22(28)25-11-12-26-16(13-25)7-10-20(26)27)21-19(24)9-8-18(23-21)15-5-3-2-4-6-15/h2-6,8-9,14,16H,7,10-13H2,1H3. The fraction of sp³-hybridized carbons (Fsp3) is 0.318. The highest BCUT2D eigenvalue weighted by atomic mass is 16.2. The van der Waals surface area contributed by atoms with Gasteiger partial charge in [-0.15, -0.1) is 0 Å². The van der Waals surface area contributed by atoms with E-state index in [9.17, 15) is 9.59 Å². The Labute approximate surface area is 163 Å². The molecule has 0 radical (unpaired) electrons. The van der Waals surface area contributed by atoms with Gasteiger partial charge in [0.25, 0.3) is 5.91 Å². The number of nitrogens with zero attached hydrogens (tertiary/aromatic N) is 4. The van der Waals surface area contributed by atoms with E-state index < -0.39 is 0 Å². The third-order valence-electron chi connectivity index (χ3n) is 5.91. The van der Waals surface area contributed by atoms with E-state index in [1.165, 1.54) is 0 Å². The first-order valence-corrected chi connectivity index (χ1v) is 9.72. The summed E-state index contributed by atoms with van der Waals surface area (Å²) >= 11 is 0. The zero-order valence-corrected chi connectivity index (χ0v) is 15.8. The number of fused-ring (bicyclic) bond motifs is 2. The van der Waals surface area contributed by atoms with Crippen LogP contribution in [0, 0.1) is 0 Å². The van der Waals surface area contributed by atoms with E-state index in [-0.39, 0.29) is 17.9 Å². The first-order valence-electron chi connectivity index (χ1n) is 9.72. The highest BCUT2D eigenvalue weighted by Gasteiger charge is 2.37. The van der Waals surface area contributed by atoms with E-state index in [1.807, 2.05) is 70.1 Å². The van der Waals surface area contributed by atoms with Gasteiger partial charge in [-0.05, 0) is 18.6 Å². The van der Waals surface area contributed by atoms with Crippen molar-refractivity contribution in [3.63, 3.8) is 0 Å². The summed E-state index contributed by atoms with van der Waals surface area (Å²) < 4.78 is 1.96. The lowest BCUT2D eigenvalue weighted by molar-refractivity contribution is -0.130. The molecule has 2 aliphatic heterocycles. The van der Waals surface area contributed by atoms with Gasteiger partial charge in [0.05, 0.1) is 16.8 Å². The predicted molar refractivity (Wildman–Crippen MR) is 107 cm³/mol. The average molecular weight is 374 g/mol. The number of piperazine rings is 1. The SMILES string of the molecule is Cn1cc(C(=O)N2CCN3C(=O)CCC3C2)c2nc(-c3ccccc3)ccc21. The molecule has 5 rings (SSSR count). The molecule has 6 nitrogen and oxygen atoms in total. The normalized spacial score (nSPS) is 19.3. The van der Waals surface area contributed by atoms with E-state index in [1.54, 1.807) is 0 Å². The van der Waals surface area contributed by atoms with E-state index in [0.717, 1.165) is 28.7 Å². The number of amides is 2. The molecule has 0 saturated carbocycles. The Balaban J connectivity index is 1.50. The maximum atomic E-state index is 13.3. The Morgan fingerprint density at radius 1 is 1.11 bits per heavy atom. The molecule has 28 heavy (non-hydrogen) atoms. The average Bonchev–Trinajstić information content (AvgIpc) is 3.27. The van der Waals surface area contributed by atoms with Gasteiger partial charge in [0, 0.05) is 50.9 Å². The Morgan fingerprint density at radius 3 is 2.75 bits per heavy atom. The summed E-state index contributed by atoms with van der Waals surface area (Å²) in [5.74, 6) is 0.221. The number of carbonyl (C=O) groups is 2. The zero-order chi connectivity index (χ0) is 19.3. The smallest absolute Gasteiger partial charge is 0.257 e. The van der Waals surface area contributed by atoms with Gasteiger partial charge in [-0.25, -0.2) is 4.98 Å². The lowest BCUT2D eigenvalue weighted by atomic mass is 10.1. The van der Waals surface area contributed by atoms with Crippen LogP contribution in [0.2, 0.25) is 0 Å². The fourth-order valence-electron chi connectivity index (χ4n) is 4.40. The topological polar surface area (TPSA) is 58.4 Å². The monoisotopic (exact) mass is 374 g/mol. The molecule has 2 fully saturated rings. The van der Waals surface area contributed by atoms with Crippen molar-refractivity contribution in [1.29, 1.82) is 0 Å². The van der Waals surface area contributed by atoms with Gasteiger partial charge < -0.3 is 14.4 Å². The van der Waals surface area contributed by atoms with Crippen molar-refractivity contribution in [3.05, 3.63) is 54.2 Å². The Bertz CT molecular complexity index is 1070. The second-order valence-corrected chi connectivity index (χ2v) is 7.61. The molecule has 1 unspecified atom stereocenters. The maximum absolute atomic E-state index is 13.3. The summed E-state index contributed by atoms with van der Waals surface area (Å²) in [6.07, 6.45) is 3.32. The highest BCUT2D eigenvalue weighted by molar-refractivity contribution is 6.06. The summed E-state index contributed by atoms with van der Waals surface area (Å²) in [4.78, 5) is 33.9. The van der Waals surface area contributed by atoms with Gasteiger partial charge in [0.15, 0.2) is 0 Å². The van der Waals surface area contributed by atoms with Crippen LogP contribution in [0.15, 0.2) is 48.7 Å². The first-order chi connectivity index (χ1) is 13.6.